The van der Waals surface area contributed by atoms with Crippen LogP contribution in [0.3, 0.4) is 0 Å². The molecule has 5 rings (SSSR count). The molecule has 0 aliphatic heterocycles. The smallest absolute Gasteiger partial charge is 0.141 e. The highest BCUT2D eigenvalue weighted by atomic mass is 16.5. The summed E-state index contributed by atoms with van der Waals surface area (Å²) in [7, 11) is 0. The van der Waals surface area contributed by atoms with E-state index in [0.717, 1.165) is 45.0 Å². The van der Waals surface area contributed by atoms with E-state index in [1.165, 1.54) is 18.4 Å². The number of nitrogens with one attached hydrogen (secondary N) is 1. The molecule has 4 aromatic rings. The summed E-state index contributed by atoms with van der Waals surface area (Å²) in [5.41, 5.74) is 7.46. The fraction of sp³-hybridized carbons (Fsp3) is 0.217. The van der Waals surface area contributed by atoms with E-state index in [2.05, 4.69) is 58.7 Å². The van der Waals surface area contributed by atoms with Crippen molar-refractivity contribution in [2.75, 3.05) is 0 Å². The molecule has 0 saturated heterocycles. The van der Waals surface area contributed by atoms with Crippen LogP contribution in [0.1, 0.15) is 47.2 Å². The summed E-state index contributed by atoms with van der Waals surface area (Å²) >= 11 is 0. The summed E-state index contributed by atoms with van der Waals surface area (Å²) in [6.07, 6.45) is 6.74. The number of aryl methyl sites for hydroxylation is 2. The first kappa shape index (κ1) is 16.1. The Morgan fingerprint density at radius 3 is 2.59 bits per heavy atom. The van der Waals surface area contributed by atoms with Gasteiger partial charge in [-0.1, -0.05) is 47.6 Å². The van der Waals surface area contributed by atoms with Crippen molar-refractivity contribution < 1.29 is 4.52 Å². The predicted octanol–water partition coefficient (Wildman–Crippen LogP) is 5.88. The summed E-state index contributed by atoms with van der Waals surface area (Å²) in [6, 6.07) is 14.7. The Morgan fingerprint density at radius 1 is 1.07 bits per heavy atom. The lowest BCUT2D eigenvalue weighted by Gasteiger charge is -2.04. The zero-order chi connectivity index (χ0) is 18.4. The van der Waals surface area contributed by atoms with E-state index >= 15 is 0 Å². The highest BCUT2D eigenvalue weighted by Gasteiger charge is 2.27. The molecule has 0 amide bonds. The fourth-order valence-electron chi connectivity index (χ4n) is 3.63. The molecule has 1 fully saturated rings. The third-order valence-electron chi connectivity index (χ3n) is 5.18. The predicted molar refractivity (Wildman–Crippen MR) is 108 cm³/mol. The SMILES string of the molecule is Cc1noc(C)c1-c1cc(C=Cc2ccccc2)c2nc(C3CC3)[nH]c2c1. The van der Waals surface area contributed by atoms with Crippen molar-refractivity contribution in [2.45, 2.75) is 32.6 Å². The van der Waals surface area contributed by atoms with E-state index in [0.29, 0.717) is 5.92 Å². The molecular weight excluding hydrogens is 334 g/mol. The number of hydrogen-bond acceptors (Lipinski definition) is 3. The Kier molecular flexibility index (Phi) is 3.71. The molecule has 1 saturated carbocycles. The molecule has 0 atom stereocenters. The van der Waals surface area contributed by atoms with Gasteiger partial charge in [0.1, 0.15) is 11.6 Å². The lowest BCUT2D eigenvalue weighted by Crippen LogP contribution is -1.86. The Labute approximate surface area is 157 Å². The number of benzene rings is 2. The van der Waals surface area contributed by atoms with E-state index < -0.39 is 0 Å². The first-order valence-electron chi connectivity index (χ1n) is 9.39. The number of imidazole rings is 1. The summed E-state index contributed by atoms with van der Waals surface area (Å²) in [6.45, 7) is 3.94. The van der Waals surface area contributed by atoms with Crippen LogP contribution in [-0.4, -0.2) is 15.1 Å². The number of hydrogen-bond donors (Lipinski definition) is 1. The molecule has 27 heavy (non-hydrogen) atoms. The normalized spacial score (nSPS) is 14.4. The summed E-state index contributed by atoms with van der Waals surface area (Å²) in [5.74, 6) is 2.54. The molecule has 0 radical (unpaired) electrons. The van der Waals surface area contributed by atoms with Gasteiger partial charge in [-0.3, -0.25) is 0 Å². The van der Waals surface area contributed by atoms with Crippen LogP contribution in [0.5, 0.6) is 0 Å². The second kappa shape index (κ2) is 6.23. The molecular formula is C23H21N3O. The highest BCUT2D eigenvalue weighted by Crippen LogP contribution is 2.40. The number of aromatic amines is 1. The molecule has 1 aliphatic carbocycles. The average molecular weight is 355 g/mol. The number of H-pyrrole nitrogens is 1. The molecule has 134 valence electrons. The van der Waals surface area contributed by atoms with Gasteiger partial charge in [0.2, 0.25) is 0 Å². The monoisotopic (exact) mass is 355 g/mol. The second-order valence-corrected chi connectivity index (χ2v) is 7.30. The van der Waals surface area contributed by atoms with Crippen LogP contribution in [0.25, 0.3) is 34.3 Å². The first-order valence-corrected chi connectivity index (χ1v) is 9.39. The van der Waals surface area contributed by atoms with Crippen molar-refractivity contribution in [1.82, 2.24) is 15.1 Å². The minimum absolute atomic E-state index is 0.589. The molecule has 0 spiro atoms. The van der Waals surface area contributed by atoms with Gasteiger partial charge in [0, 0.05) is 17.0 Å². The van der Waals surface area contributed by atoms with Gasteiger partial charge in [-0.25, -0.2) is 4.98 Å². The molecule has 0 unspecified atom stereocenters. The largest absolute Gasteiger partial charge is 0.361 e. The van der Waals surface area contributed by atoms with Gasteiger partial charge in [-0.05, 0) is 49.9 Å². The zero-order valence-corrected chi connectivity index (χ0v) is 15.5. The van der Waals surface area contributed by atoms with Crippen LogP contribution in [0.4, 0.5) is 0 Å². The number of aromatic nitrogens is 3. The first-order chi connectivity index (χ1) is 13.2. The van der Waals surface area contributed by atoms with Crippen LogP contribution in [0.2, 0.25) is 0 Å². The third kappa shape index (κ3) is 2.97. The minimum atomic E-state index is 0.589. The van der Waals surface area contributed by atoms with E-state index in [1.54, 1.807) is 0 Å². The zero-order valence-electron chi connectivity index (χ0n) is 15.5. The third-order valence-corrected chi connectivity index (χ3v) is 5.18. The van der Waals surface area contributed by atoms with Crippen LogP contribution in [0, 0.1) is 13.8 Å². The van der Waals surface area contributed by atoms with Gasteiger partial charge in [-0.2, -0.15) is 0 Å². The lowest BCUT2D eigenvalue weighted by molar-refractivity contribution is 0.393. The standard InChI is InChI=1S/C23H21N3O/c1-14-21(15(2)27-26-14)19-12-18(9-8-16-6-4-3-5-7-16)22-20(13-19)24-23(25-22)17-10-11-17/h3-9,12-13,17H,10-11H2,1-2H3,(H,24,25). The van der Waals surface area contributed by atoms with Crippen LogP contribution >= 0.6 is 0 Å². The van der Waals surface area contributed by atoms with Crippen LogP contribution in [0.15, 0.2) is 47.0 Å². The van der Waals surface area contributed by atoms with Gasteiger partial charge in [-0.15, -0.1) is 0 Å². The lowest BCUT2D eigenvalue weighted by atomic mass is 10.00. The summed E-state index contributed by atoms with van der Waals surface area (Å²) in [4.78, 5) is 8.45. The topological polar surface area (TPSA) is 54.7 Å². The van der Waals surface area contributed by atoms with Crippen LogP contribution in [-0.2, 0) is 0 Å². The van der Waals surface area contributed by atoms with Gasteiger partial charge in [0.25, 0.3) is 0 Å². The van der Waals surface area contributed by atoms with E-state index in [9.17, 15) is 0 Å². The van der Waals surface area contributed by atoms with E-state index in [-0.39, 0.29) is 0 Å². The van der Waals surface area contributed by atoms with Crippen LogP contribution < -0.4 is 0 Å². The summed E-state index contributed by atoms with van der Waals surface area (Å²) in [5, 5.41) is 4.12. The van der Waals surface area contributed by atoms with Gasteiger partial charge < -0.3 is 9.51 Å². The molecule has 2 heterocycles. The Bertz CT molecular complexity index is 1130. The van der Waals surface area contributed by atoms with Gasteiger partial charge in [0.05, 0.1) is 16.7 Å². The molecule has 0 bridgehead atoms. The Hall–Kier alpha value is -3.14. The Morgan fingerprint density at radius 2 is 1.89 bits per heavy atom. The van der Waals surface area contributed by atoms with Crippen molar-refractivity contribution in [3.63, 3.8) is 0 Å². The molecule has 1 N–H and O–H groups in total. The highest BCUT2D eigenvalue weighted by molar-refractivity contribution is 5.93. The molecule has 4 heteroatoms. The minimum Gasteiger partial charge on any atom is -0.361 e. The molecule has 2 aromatic heterocycles. The van der Waals surface area contributed by atoms with Crippen molar-refractivity contribution >= 4 is 23.2 Å². The second-order valence-electron chi connectivity index (χ2n) is 7.30. The van der Waals surface area contributed by atoms with Crippen molar-refractivity contribution in [3.05, 3.63) is 70.9 Å². The van der Waals surface area contributed by atoms with Crippen molar-refractivity contribution in [2.24, 2.45) is 0 Å². The number of rotatable bonds is 4. The van der Waals surface area contributed by atoms with Crippen molar-refractivity contribution in [1.29, 1.82) is 0 Å². The molecule has 1 aliphatic rings. The summed E-state index contributed by atoms with van der Waals surface area (Å²) < 4.78 is 5.39. The van der Waals surface area contributed by atoms with Crippen molar-refractivity contribution in [3.8, 4) is 11.1 Å². The molecule has 2 aromatic carbocycles. The number of fused-ring (bicyclic) bond motifs is 1. The van der Waals surface area contributed by atoms with Gasteiger partial charge >= 0.3 is 0 Å². The average Bonchev–Trinajstić information content (AvgIpc) is 3.36. The van der Waals surface area contributed by atoms with Gasteiger partial charge in [0.15, 0.2) is 0 Å². The maximum atomic E-state index is 5.39. The molecule has 4 nitrogen and oxygen atoms in total. The maximum Gasteiger partial charge on any atom is 0.141 e. The fourth-order valence-corrected chi connectivity index (χ4v) is 3.63. The van der Waals surface area contributed by atoms with E-state index in [1.807, 2.05) is 19.9 Å². The maximum absolute atomic E-state index is 5.39. The quantitative estimate of drug-likeness (QED) is 0.465. The Balaban J connectivity index is 1.68. The van der Waals surface area contributed by atoms with E-state index in [4.69, 9.17) is 9.51 Å². The number of nitrogens with zero attached hydrogens (tertiary/aromatic N) is 2.